The van der Waals surface area contributed by atoms with Gasteiger partial charge in [-0.2, -0.15) is 0 Å². The molecule has 1 heterocycles. The van der Waals surface area contributed by atoms with Gasteiger partial charge in [0, 0.05) is 6.42 Å². The minimum absolute atomic E-state index is 0.00410. The first-order chi connectivity index (χ1) is 18.0. The summed E-state index contributed by atoms with van der Waals surface area (Å²) in [4.78, 5) is 24.4. The van der Waals surface area contributed by atoms with Crippen LogP contribution in [0.3, 0.4) is 0 Å². The fraction of sp³-hybridized carbons (Fsp3) is 0.429. The Kier molecular flexibility index (Phi) is 9.84. The molecular formula is C28H36N4O6. The maximum absolute atomic E-state index is 12.4. The monoisotopic (exact) mass is 524 g/mol. The molecule has 0 aliphatic heterocycles. The van der Waals surface area contributed by atoms with Crippen molar-refractivity contribution in [3.05, 3.63) is 83.6 Å². The molecule has 0 fully saturated rings. The summed E-state index contributed by atoms with van der Waals surface area (Å²) in [6.45, 7) is 9.36. The molecule has 0 radical (unpaired) electrons. The topological polar surface area (TPSA) is 139 Å². The summed E-state index contributed by atoms with van der Waals surface area (Å²) in [7, 11) is 0. The van der Waals surface area contributed by atoms with Gasteiger partial charge in [-0.3, -0.25) is 0 Å². The zero-order chi connectivity index (χ0) is 27.7. The minimum Gasteiger partial charge on any atom is -0.444 e. The van der Waals surface area contributed by atoms with Crippen molar-refractivity contribution in [1.82, 2.24) is 15.5 Å². The van der Waals surface area contributed by atoms with E-state index in [1.807, 2.05) is 74.5 Å². The van der Waals surface area contributed by atoms with E-state index >= 15 is 0 Å². The van der Waals surface area contributed by atoms with Crippen molar-refractivity contribution in [1.29, 1.82) is 0 Å². The van der Waals surface area contributed by atoms with Crippen LogP contribution in [-0.2, 0) is 27.2 Å². The number of carbonyl (C=O) groups excluding carboxylic acids is 2. The lowest BCUT2D eigenvalue weighted by Crippen LogP contribution is -2.37. The third-order valence-corrected chi connectivity index (χ3v) is 5.47. The van der Waals surface area contributed by atoms with E-state index in [1.165, 1.54) is 0 Å². The van der Waals surface area contributed by atoms with Crippen LogP contribution in [-0.4, -0.2) is 34.1 Å². The number of aromatic nitrogens is 2. The summed E-state index contributed by atoms with van der Waals surface area (Å²) in [5.74, 6) is 0.0330. The van der Waals surface area contributed by atoms with Gasteiger partial charge in [0.25, 0.3) is 5.89 Å². The Balaban J connectivity index is 1.89. The number of nitrogens with zero attached hydrogens (tertiary/aromatic N) is 2. The van der Waals surface area contributed by atoms with Crippen LogP contribution >= 0.6 is 0 Å². The predicted octanol–water partition coefficient (Wildman–Crippen LogP) is 5.26. The van der Waals surface area contributed by atoms with E-state index in [-0.39, 0.29) is 24.3 Å². The van der Waals surface area contributed by atoms with E-state index in [9.17, 15) is 9.59 Å². The van der Waals surface area contributed by atoms with E-state index in [0.717, 1.165) is 11.1 Å². The van der Waals surface area contributed by atoms with Crippen LogP contribution < -0.4 is 11.1 Å². The van der Waals surface area contributed by atoms with Gasteiger partial charge in [-0.1, -0.05) is 74.5 Å². The molecule has 0 saturated heterocycles. The molecule has 1 unspecified atom stereocenters. The normalized spacial score (nSPS) is 13.9. The maximum Gasteiger partial charge on any atom is 0.408 e. The number of nitrogens with two attached hydrogens (primary N) is 1. The van der Waals surface area contributed by atoms with Gasteiger partial charge >= 0.3 is 12.2 Å². The minimum atomic E-state index is -1.09. The van der Waals surface area contributed by atoms with Crippen LogP contribution in [0.1, 0.15) is 69.7 Å². The van der Waals surface area contributed by atoms with E-state index in [2.05, 4.69) is 15.5 Å². The van der Waals surface area contributed by atoms with Crippen LogP contribution in [0.15, 0.2) is 65.1 Å². The predicted molar refractivity (Wildman–Crippen MR) is 140 cm³/mol. The van der Waals surface area contributed by atoms with E-state index < -0.39 is 36.0 Å². The highest BCUT2D eigenvalue weighted by atomic mass is 16.6. The summed E-state index contributed by atoms with van der Waals surface area (Å²) in [6, 6.07) is 18.6. The Bertz CT molecular complexity index is 1160. The van der Waals surface area contributed by atoms with Crippen LogP contribution in [0.5, 0.6) is 0 Å². The number of ether oxygens (including phenoxy) is 3. The fourth-order valence-electron chi connectivity index (χ4n) is 3.72. The number of hydrogen-bond donors (Lipinski definition) is 2. The fourth-order valence-corrected chi connectivity index (χ4v) is 3.72. The van der Waals surface area contributed by atoms with E-state index in [1.54, 1.807) is 20.8 Å². The van der Waals surface area contributed by atoms with Crippen molar-refractivity contribution in [2.75, 3.05) is 0 Å². The molecule has 2 aromatic carbocycles. The highest BCUT2D eigenvalue weighted by Gasteiger charge is 2.35. The summed E-state index contributed by atoms with van der Waals surface area (Å²) in [6.07, 6.45) is -3.04. The van der Waals surface area contributed by atoms with Crippen LogP contribution in [0.4, 0.5) is 9.59 Å². The molecule has 2 amide bonds. The lowest BCUT2D eigenvalue weighted by Gasteiger charge is -2.25. The molecule has 3 atom stereocenters. The molecule has 3 N–H and O–H groups in total. The molecule has 0 saturated carbocycles. The summed E-state index contributed by atoms with van der Waals surface area (Å²) in [5, 5.41) is 11.1. The smallest absolute Gasteiger partial charge is 0.408 e. The largest absolute Gasteiger partial charge is 0.444 e. The van der Waals surface area contributed by atoms with Crippen molar-refractivity contribution in [2.45, 2.75) is 71.5 Å². The molecule has 0 aliphatic carbocycles. The number of primary amides is 1. The second-order valence-corrected chi connectivity index (χ2v) is 10.2. The van der Waals surface area contributed by atoms with Crippen LogP contribution in [0, 0.1) is 5.92 Å². The van der Waals surface area contributed by atoms with Crippen LogP contribution in [0.25, 0.3) is 0 Å². The van der Waals surface area contributed by atoms with Gasteiger partial charge in [0.15, 0.2) is 0 Å². The first-order valence-electron chi connectivity index (χ1n) is 12.5. The molecular weight excluding hydrogens is 488 g/mol. The van der Waals surface area contributed by atoms with Gasteiger partial charge < -0.3 is 29.7 Å². The molecule has 10 nitrogen and oxygen atoms in total. The Hall–Kier alpha value is -3.92. The van der Waals surface area contributed by atoms with Gasteiger partial charge in [-0.15, -0.1) is 10.2 Å². The Morgan fingerprint density at radius 1 is 0.947 bits per heavy atom. The Labute approximate surface area is 222 Å². The van der Waals surface area contributed by atoms with Crippen molar-refractivity contribution >= 4 is 12.2 Å². The molecule has 3 aromatic rings. The SMILES string of the molecule is CC(C)[C@H](NC(=O)OC(C)(C)C)c1nnc([C@@H](OC(N)=O)C(Cc2ccccc2)OCc2ccccc2)o1. The molecule has 3 rings (SSSR count). The highest BCUT2D eigenvalue weighted by Crippen LogP contribution is 2.29. The quantitative estimate of drug-likeness (QED) is 0.346. The number of nitrogens with one attached hydrogen (secondary N) is 1. The van der Waals surface area contributed by atoms with Crippen molar-refractivity contribution in [3.63, 3.8) is 0 Å². The summed E-state index contributed by atoms with van der Waals surface area (Å²) < 4.78 is 23.0. The number of alkyl carbamates (subject to hydrolysis) is 1. The second kappa shape index (κ2) is 13.0. The number of hydrogen-bond acceptors (Lipinski definition) is 8. The lowest BCUT2D eigenvalue weighted by molar-refractivity contribution is -0.0612. The lowest BCUT2D eigenvalue weighted by atomic mass is 10.0. The molecule has 10 heteroatoms. The van der Waals surface area contributed by atoms with Crippen molar-refractivity contribution in [3.8, 4) is 0 Å². The van der Waals surface area contributed by atoms with Gasteiger partial charge in [0.05, 0.1) is 6.61 Å². The first-order valence-corrected chi connectivity index (χ1v) is 12.5. The first kappa shape index (κ1) is 28.6. The Morgan fingerprint density at radius 2 is 1.53 bits per heavy atom. The molecule has 0 spiro atoms. The molecule has 204 valence electrons. The number of rotatable bonds is 11. The van der Waals surface area contributed by atoms with Crippen LogP contribution in [0.2, 0.25) is 0 Å². The van der Waals surface area contributed by atoms with E-state index in [4.69, 9.17) is 24.4 Å². The number of benzene rings is 2. The third-order valence-electron chi connectivity index (χ3n) is 5.47. The zero-order valence-corrected chi connectivity index (χ0v) is 22.4. The third kappa shape index (κ3) is 8.88. The maximum atomic E-state index is 12.4. The Morgan fingerprint density at radius 3 is 2.08 bits per heavy atom. The average molecular weight is 525 g/mol. The van der Waals surface area contributed by atoms with E-state index in [0.29, 0.717) is 6.42 Å². The van der Waals surface area contributed by atoms with Crippen molar-refractivity contribution < 1.29 is 28.2 Å². The summed E-state index contributed by atoms with van der Waals surface area (Å²) in [5.41, 5.74) is 6.65. The number of carbonyl (C=O) groups is 2. The van der Waals surface area contributed by atoms with Gasteiger partial charge in [0.2, 0.25) is 12.0 Å². The van der Waals surface area contributed by atoms with Gasteiger partial charge in [-0.05, 0) is 37.8 Å². The average Bonchev–Trinajstić information content (AvgIpc) is 3.33. The van der Waals surface area contributed by atoms with Crippen molar-refractivity contribution in [2.24, 2.45) is 11.7 Å². The zero-order valence-electron chi connectivity index (χ0n) is 22.4. The second-order valence-electron chi connectivity index (χ2n) is 10.2. The molecule has 0 aliphatic rings. The molecule has 0 bridgehead atoms. The standard InChI is InChI=1S/C28H36N4O6/c1-18(2)22(30-27(34)38-28(3,4)5)24-31-32-25(37-24)23(36-26(29)33)21(16-19-12-8-6-9-13-19)35-17-20-14-10-7-11-15-20/h6-15,18,21-23H,16-17H2,1-5H3,(H2,29,33)(H,30,34)/t21?,22-,23-/m0/s1. The van der Waals surface area contributed by atoms with Gasteiger partial charge in [-0.25, -0.2) is 9.59 Å². The summed E-state index contributed by atoms with van der Waals surface area (Å²) >= 11 is 0. The molecule has 38 heavy (non-hydrogen) atoms. The molecule has 1 aromatic heterocycles. The highest BCUT2D eigenvalue weighted by molar-refractivity contribution is 5.68. The van der Waals surface area contributed by atoms with Gasteiger partial charge in [0.1, 0.15) is 17.7 Å². The number of amides is 2.